The zero-order chi connectivity index (χ0) is 12.5. The molecule has 1 aliphatic rings. The molecule has 1 aliphatic heterocycles. The van der Waals surface area contributed by atoms with E-state index < -0.39 is 6.17 Å². The van der Waals surface area contributed by atoms with Gasteiger partial charge < -0.3 is 10.1 Å². The van der Waals surface area contributed by atoms with Gasteiger partial charge in [-0.05, 0) is 33.2 Å². The predicted octanol–water partition coefficient (Wildman–Crippen LogP) is 3.32. The molecule has 2 unspecified atom stereocenters. The second-order valence-corrected chi connectivity index (χ2v) is 4.91. The van der Waals surface area contributed by atoms with Crippen molar-refractivity contribution in [1.82, 2.24) is 5.32 Å². The molecule has 2 nitrogen and oxygen atoms in total. The second kappa shape index (κ2) is 4.65. The van der Waals surface area contributed by atoms with Crippen molar-refractivity contribution in [3.8, 4) is 5.75 Å². The predicted molar refractivity (Wildman–Crippen MR) is 67.1 cm³/mol. The van der Waals surface area contributed by atoms with E-state index in [9.17, 15) is 4.39 Å². The van der Waals surface area contributed by atoms with Gasteiger partial charge >= 0.3 is 0 Å². The highest BCUT2D eigenvalue weighted by Crippen LogP contribution is 2.40. The summed E-state index contributed by atoms with van der Waals surface area (Å²) < 4.78 is 19.0. The van der Waals surface area contributed by atoms with Crippen LogP contribution in [0.15, 0.2) is 18.2 Å². The Morgan fingerprint density at radius 1 is 1.47 bits per heavy atom. The number of nitrogens with one attached hydrogen (secondary N) is 1. The molecule has 1 heterocycles. The summed E-state index contributed by atoms with van der Waals surface area (Å²) in [4.78, 5) is 0. The topological polar surface area (TPSA) is 21.3 Å². The number of hydrogen-bond acceptors (Lipinski definition) is 2. The van der Waals surface area contributed by atoms with Crippen molar-refractivity contribution in [2.45, 2.75) is 38.4 Å². The first kappa shape index (κ1) is 12.4. The van der Waals surface area contributed by atoms with Gasteiger partial charge in [-0.1, -0.05) is 18.2 Å². The maximum atomic E-state index is 13.6. The fourth-order valence-electron chi connectivity index (χ4n) is 2.65. The van der Waals surface area contributed by atoms with E-state index in [1.165, 1.54) is 0 Å². The molecule has 0 radical (unpaired) electrons. The van der Waals surface area contributed by atoms with Crippen molar-refractivity contribution >= 4 is 0 Å². The summed E-state index contributed by atoms with van der Waals surface area (Å²) in [7, 11) is 1.61. The van der Waals surface area contributed by atoms with Crippen LogP contribution >= 0.6 is 0 Å². The van der Waals surface area contributed by atoms with Gasteiger partial charge in [0.2, 0.25) is 0 Å². The lowest BCUT2D eigenvalue weighted by Crippen LogP contribution is -2.33. The first-order valence-electron chi connectivity index (χ1n) is 6.15. The Morgan fingerprint density at radius 2 is 2.24 bits per heavy atom. The fourth-order valence-corrected chi connectivity index (χ4v) is 2.65. The van der Waals surface area contributed by atoms with Crippen LogP contribution in [0.1, 0.15) is 44.0 Å². The van der Waals surface area contributed by atoms with Crippen molar-refractivity contribution in [3.05, 3.63) is 29.3 Å². The third kappa shape index (κ3) is 2.16. The summed E-state index contributed by atoms with van der Waals surface area (Å²) in [6, 6.07) is 5.74. The quantitative estimate of drug-likeness (QED) is 0.870. The number of benzene rings is 1. The fraction of sp³-hybridized carbons (Fsp3) is 0.571. The average molecular weight is 237 g/mol. The zero-order valence-corrected chi connectivity index (χ0v) is 10.7. The van der Waals surface area contributed by atoms with E-state index in [-0.39, 0.29) is 5.54 Å². The summed E-state index contributed by atoms with van der Waals surface area (Å²) in [5.74, 6) is 0.694. The second-order valence-electron chi connectivity index (χ2n) is 4.91. The minimum atomic E-state index is -1.00. The summed E-state index contributed by atoms with van der Waals surface area (Å²) in [5.41, 5.74) is 1.62. The van der Waals surface area contributed by atoms with Crippen molar-refractivity contribution < 1.29 is 9.13 Å². The lowest BCUT2D eigenvalue weighted by Gasteiger charge is -2.28. The zero-order valence-electron chi connectivity index (χ0n) is 10.7. The normalized spacial score (nSPS) is 25.9. The van der Waals surface area contributed by atoms with Crippen LogP contribution in [0.2, 0.25) is 0 Å². The largest absolute Gasteiger partial charge is 0.496 e. The van der Waals surface area contributed by atoms with E-state index in [1.54, 1.807) is 20.1 Å². The molecular formula is C14H20FNO. The molecule has 0 spiro atoms. The molecular weight excluding hydrogens is 217 g/mol. The van der Waals surface area contributed by atoms with E-state index in [4.69, 9.17) is 4.74 Å². The maximum Gasteiger partial charge on any atom is 0.130 e. The third-order valence-corrected chi connectivity index (χ3v) is 3.64. The first-order chi connectivity index (χ1) is 8.08. The number of ether oxygens (including phenoxy) is 1. The number of rotatable bonds is 3. The van der Waals surface area contributed by atoms with Crippen molar-refractivity contribution in [1.29, 1.82) is 0 Å². The Bertz CT molecular complexity index is 397. The van der Waals surface area contributed by atoms with Crippen LogP contribution in [-0.4, -0.2) is 13.7 Å². The van der Waals surface area contributed by atoms with Gasteiger partial charge in [-0.3, -0.25) is 0 Å². The molecule has 0 bridgehead atoms. The number of alkyl halides is 1. The monoisotopic (exact) mass is 237 g/mol. The number of halogens is 1. The van der Waals surface area contributed by atoms with Gasteiger partial charge in [-0.15, -0.1) is 0 Å². The smallest absolute Gasteiger partial charge is 0.130 e. The summed E-state index contributed by atoms with van der Waals surface area (Å²) in [6.07, 6.45) is 1.21. The number of methoxy groups -OCH3 is 1. The first-order valence-corrected chi connectivity index (χ1v) is 6.15. The van der Waals surface area contributed by atoms with Crippen LogP contribution in [0.3, 0.4) is 0 Å². The standard InChI is InChI=1S/C14H20FNO/c1-10(15)11-6-4-7-12(13(11)17-3)14(2)8-5-9-16-14/h4,6-7,10,16H,5,8-9H2,1-3H3. The highest BCUT2D eigenvalue weighted by molar-refractivity contribution is 5.46. The molecule has 0 amide bonds. The lowest BCUT2D eigenvalue weighted by atomic mass is 9.88. The van der Waals surface area contributed by atoms with E-state index in [0.29, 0.717) is 11.3 Å². The molecule has 0 aromatic heterocycles. The summed E-state index contributed by atoms with van der Waals surface area (Å²) >= 11 is 0. The van der Waals surface area contributed by atoms with Crippen molar-refractivity contribution in [2.75, 3.05) is 13.7 Å². The average Bonchev–Trinajstić information content (AvgIpc) is 2.76. The molecule has 1 saturated heterocycles. The van der Waals surface area contributed by atoms with Gasteiger partial charge in [0, 0.05) is 16.7 Å². The molecule has 94 valence electrons. The van der Waals surface area contributed by atoms with Crippen LogP contribution in [0.4, 0.5) is 4.39 Å². The van der Waals surface area contributed by atoms with Gasteiger partial charge in [-0.2, -0.15) is 0 Å². The van der Waals surface area contributed by atoms with Gasteiger partial charge in [-0.25, -0.2) is 4.39 Å². The Kier molecular flexibility index (Phi) is 3.38. The summed E-state index contributed by atoms with van der Waals surface area (Å²) in [6.45, 7) is 4.71. The van der Waals surface area contributed by atoms with Crippen LogP contribution in [-0.2, 0) is 5.54 Å². The van der Waals surface area contributed by atoms with Gasteiger partial charge in [0.1, 0.15) is 11.9 Å². The van der Waals surface area contributed by atoms with Gasteiger partial charge in [0.05, 0.1) is 7.11 Å². The Morgan fingerprint density at radius 3 is 2.76 bits per heavy atom. The molecule has 1 aromatic carbocycles. The Labute approximate surface area is 102 Å². The van der Waals surface area contributed by atoms with Crippen LogP contribution in [0.25, 0.3) is 0 Å². The molecule has 3 heteroatoms. The molecule has 1 N–H and O–H groups in total. The Hall–Kier alpha value is -1.09. The molecule has 1 fully saturated rings. The van der Waals surface area contributed by atoms with E-state index in [1.807, 2.05) is 12.1 Å². The highest BCUT2D eigenvalue weighted by atomic mass is 19.1. The van der Waals surface area contributed by atoms with E-state index in [2.05, 4.69) is 12.2 Å². The maximum absolute atomic E-state index is 13.6. The molecule has 17 heavy (non-hydrogen) atoms. The van der Waals surface area contributed by atoms with Crippen LogP contribution < -0.4 is 10.1 Å². The minimum absolute atomic E-state index is 0.0871. The van der Waals surface area contributed by atoms with Gasteiger partial charge in [0.25, 0.3) is 0 Å². The van der Waals surface area contributed by atoms with E-state index >= 15 is 0 Å². The molecule has 2 atom stereocenters. The number of para-hydroxylation sites is 1. The van der Waals surface area contributed by atoms with E-state index in [0.717, 1.165) is 24.9 Å². The molecule has 0 saturated carbocycles. The molecule has 0 aliphatic carbocycles. The highest BCUT2D eigenvalue weighted by Gasteiger charge is 2.33. The van der Waals surface area contributed by atoms with Crippen LogP contribution in [0, 0.1) is 0 Å². The lowest BCUT2D eigenvalue weighted by molar-refractivity contribution is 0.332. The molecule has 2 rings (SSSR count). The summed E-state index contributed by atoms with van der Waals surface area (Å²) in [5, 5.41) is 3.49. The van der Waals surface area contributed by atoms with Gasteiger partial charge in [0.15, 0.2) is 0 Å². The van der Waals surface area contributed by atoms with Crippen molar-refractivity contribution in [3.63, 3.8) is 0 Å². The van der Waals surface area contributed by atoms with Crippen LogP contribution in [0.5, 0.6) is 5.75 Å². The van der Waals surface area contributed by atoms with Crippen molar-refractivity contribution in [2.24, 2.45) is 0 Å². The third-order valence-electron chi connectivity index (χ3n) is 3.64. The number of hydrogen-bond donors (Lipinski definition) is 1. The SMILES string of the molecule is COc1c(C(C)F)cccc1C1(C)CCCN1. The molecule has 1 aromatic rings. The Balaban J connectivity index is 2.50. The minimum Gasteiger partial charge on any atom is -0.496 e.